The molecule has 1 aliphatic heterocycles. The summed E-state index contributed by atoms with van der Waals surface area (Å²) < 4.78 is 0. The van der Waals surface area contributed by atoms with Gasteiger partial charge in [-0.25, -0.2) is 0 Å². The zero-order valence-electron chi connectivity index (χ0n) is 9.88. The Kier molecular flexibility index (Phi) is 2.72. The lowest BCUT2D eigenvalue weighted by atomic mass is 10.2. The summed E-state index contributed by atoms with van der Waals surface area (Å²) in [6.45, 7) is 0. The molecule has 90 valence electrons. The second-order valence-corrected chi connectivity index (χ2v) is 5.03. The maximum absolute atomic E-state index is 11.4. The summed E-state index contributed by atoms with van der Waals surface area (Å²) in [6.07, 6.45) is 0.873. The summed E-state index contributed by atoms with van der Waals surface area (Å²) in [7, 11) is 1.86. The normalized spacial score (nSPS) is 12.6. The molecule has 18 heavy (non-hydrogen) atoms. The number of benzene rings is 2. The van der Waals surface area contributed by atoms with Gasteiger partial charge in [0.2, 0.25) is 6.41 Å². The highest BCUT2D eigenvalue weighted by Gasteiger charge is 2.24. The zero-order valence-corrected chi connectivity index (χ0v) is 10.7. The van der Waals surface area contributed by atoms with Crippen LogP contribution in [0.4, 0.5) is 17.1 Å². The number of hydrogen-bond donors (Lipinski definition) is 1. The van der Waals surface area contributed by atoms with Crippen LogP contribution in [-0.2, 0) is 4.79 Å². The molecule has 4 heteroatoms. The SMILES string of the molecule is CNc1cccc2c1N(C=O)c1ccccc1S2. The van der Waals surface area contributed by atoms with Crippen LogP contribution in [0.3, 0.4) is 0 Å². The number of nitrogens with one attached hydrogen (secondary N) is 1. The minimum atomic E-state index is 0.873. The molecule has 3 rings (SSSR count). The van der Waals surface area contributed by atoms with Gasteiger partial charge in [-0.15, -0.1) is 0 Å². The molecule has 2 aromatic carbocycles. The lowest BCUT2D eigenvalue weighted by Crippen LogP contribution is -2.19. The van der Waals surface area contributed by atoms with E-state index in [4.69, 9.17) is 0 Å². The second kappa shape index (κ2) is 4.38. The van der Waals surface area contributed by atoms with Crippen molar-refractivity contribution < 1.29 is 4.79 Å². The average molecular weight is 256 g/mol. The van der Waals surface area contributed by atoms with Gasteiger partial charge in [-0.3, -0.25) is 9.69 Å². The Balaban J connectivity index is 2.24. The number of para-hydroxylation sites is 2. The van der Waals surface area contributed by atoms with Crippen LogP contribution < -0.4 is 10.2 Å². The standard InChI is InChI=1S/C14H12N2OS/c1-15-10-5-4-8-13-14(10)16(9-17)11-6-2-3-7-12(11)18-13/h2-9,15H,1H3. The molecule has 1 amide bonds. The Morgan fingerprint density at radius 1 is 1.11 bits per heavy atom. The predicted molar refractivity (Wildman–Crippen MR) is 74.8 cm³/mol. The third-order valence-corrected chi connectivity index (χ3v) is 4.07. The van der Waals surface area contributed by atoms with Crippen molar-refractivity contribution in [1.82, 2.24) is 0 Å². The average Bonchev–Trinajstić information content (AvgIpc) is 2.44. The molecular weight excluding hydrogens is 244 g/mol. The van der Waals surface area contributed by atoms with E-state index in [0.29, 0.717) is 0 Å². The molecule has 0 saturated carbocycles. The first-order valence-electron chi connectivity index (χ1n) is 5.67. The molecular formula is C14H12N2OS. The van der Waals surface area contributed by atoms with Crippen molar-refractivity contribution in [2.75, 3.05) is 17.3 Å². The highest BCUT2D eigenvalue weighted by molar-refractivity contribution is 7.99. The Hall–Kier alpha value is -1.94. The van der Waals surface area contributed by atoms with Crippen molar-refractivity contribution >= 4 is 35.2 Å². The van der Waals surface area contributed by atoms with Gasteiger partial charge in [-0.05, 0) is 24.3 Å². The Morgan fingerprint density at radius 2 is 1.89 bits per heavy atom. The monoisotopic (exact) mass is 256 g/mol. The predicted octanol–water partition coefficient (Wildman–Crippen LogP) is 3.49. The Morgan fingerprint density at radius 3 is 2.67 bits per heavy atom. The topological polar surface area (TPSA) is 32.3 Å². The fourth-order valence-electron chi connectivity index (χ4n) is 2.15. The molecule has 0 atom stereocenters. The first-order chi connectivity index (χ1) is 8.85. The summed E-state index contributed by atoms with van der Waals surface area (Å²) in [5.74, 6) is 0. The van der Waals surface area contributed by atoms with Crippen molar-refractivity contribution in [3.63, 3.8) is 0 Å². The van der Waals surface area contributed by atoms with Crippen LogP contribution in [0.15, 0.2) is 52.3 Å². The fraction of sp³-hybridized carbons (Fsp3) is 0.0714. The van der Waals surface area contributed by atoms with Crippen molar-refractivity contribution in [2.24, 2.45) is 0 Å². The van der Waals surface area contributed by atoms with Gasteiger partial charge >= 0.3 is 0 Å². The van der Waals surface area contributed by atoms with Gasteiger partial charge in [0.05, 0.1) is 17.1 Å². The number of hydrogen-bond acceptors (Lipinski definition) is 3. The number of anilines is 3. The third-order valence-electron chi connectivity index (χ3n) is 2.96. The van der Waals surface area contributed by atoms with E-state index >= 15 is 0 Å². The number of nitrogens with zero attached hydrogens (tertiary/aromatic N) is 1. The molecule has 2 aromatic rings. The van der Waals surface area contributed by atoms with Gasteiger partial charge in [-0.1, -0.05) is 30.0 Å². The van der Waals surface area contributed by atoms with Gasteiger partial charge < -0.3 is 5.32 Å². The van der Waals surface area contributed by atoms with Crippen LogP contribution in [-0.4, -0.2) is 13.5 Å². The van der Waals surface area contributed by atoms with Crippen LogP contribution in [0, 0.1) is 0 Å². The number of carbonyl (C=O) groups is 1. The molecule has 0 aliphatic carbocycles. The van der Waals surface area contributed by atoms with E-state index < -0.39 is 0 Å². The number of amides is 1. The first kappa shape index (κ1) is 11.2. The summed E-state index contributed by atoms with van der Waals surface area (Å²) in [5, 5.41) is 3.14. The van der Waals surface area contributed by atoms with E-state index in [-0.39, 0.29) is 0 Å². The summed E-state index contributed by atoms with van der Waals surface area (Å²) in [6, 6.07) is 13.9. The van der Waals surface area contributed by atoms with E-state index in [1.54, 1.807) is 16.7 Å². The van der Waals surface area contributed by atoms with Gasteiger partial charge in [0.25, 0.3) is 0 Å². The number of rotatable bonds is 2. The molecule has 0 spiro atoms. The van der Waals surface area contributed by atoms with Crippen molar-refractivity contribution in [3.05, 3.63) is 42.5 Å². The molecule has 0 radical (unpaired) electrons. The maximum atomic E-state index is 11.4. The highest BCUT2D eigenvalue weighted by atomic mass is 32.2. The summed E-state index contributed by atoms with van der Waals surface area (Å²) in [5.41, 5.74) is 2.83. The van der Waals surface area contributed by atoms with E-state index in [1.165, 1.54) is 0 Å². The summed E-state index contributed by atoms with van der Waals surface area (Å²) >= 11 is 1.69. The van der Waals surface area contributed by atoms with E-state index in [1.807, 2.05) is 49.5 Å². The molecule has 0 bridgehead atoms. The van der Waals surface area contributed by atoms with E-state index in [0.717, 1.165) is 33.3 Å². The largest absolute Gasteiger partial charge is 0.386 e. The van der Waals surface area contributed by atoms with E-state index in [9.17, 15) is 4.79 Å². The van der Waals surface area contributed by atoms with Crippen molar-refractivity contribution in [2.45, 2.75) is 9.79 Å². The van der Waals surface area contributed by atoms with Gasteiger partial charge in [-0.2, -0.15) is 0 Å². The minimum absolute atomic E-state index is 0.873. The van der Waals surface area contributed by atoms with Crippen LogP contribution in [0.2, 0.25) is 0 Å². The zero-order chi connectivity index (χ0) is 12.5. The van der Waals surface area contributed by atoms with Gasteiger partial charge in [0, 0.05) is 16.8 Å². The lowest BCUT2D eigenvalue weighted by Gasteiger charge is -2.29. The van der Waals surface area contributed by atoms with Gasteiger partial charge in [0.1, 0.15) is 0 Å². The Labute approximate surface area is 110 Å². The van der Waals surface area contributed by atoms with Crippen molar-refractivity contribution in [1.29, 1.82) is 0 Å². The molecule has 0 aromatic heterocycles. The quantitative estimate of drug-likeness (QED) is 0.835. The molecule has 1 aliphatic rings. The smallest absolute Gasteiger partial charge is 0.218 e. The van der Waals surface area contributed by atoms with Crippen molar-refractivity contribution in [3.8, 4) is 0 Å². The number of fused-ring (bicyclic) bond motifs is 2. The molecule has 1 N–H and O–H groups in total. The molecule has 3 nitrogen and oxygen atoms in total. The van der Waals surface area contributed by atoms with Crippen LogP contribution >= 0.6 is 11.8 Å². The lowest BCUT2D eigenvalue weighted by molar-refractivity contribution is -0.106. The second-order valence-electron chi connectivity index (χ2n) is 3.95. The molecule has 0 fully saturated rings. The maximum Gasteiger partial charge on any atom is 0.218 e. The van der Waals surface area contributed by atoms with E-state index in [2.05, 4.69) is 5.32 Å². The van der Waals surface area contributed by atoms with Crippen LogP contribution in [0.1, 0.15) is 0 Å². The molecule has 0 unspecified atom stereocenters. The van der Waals surface area contributed by atoms with Crippen LogP contribution in [0.25, 0.3) is 0 Å². The fourth-order valence-corrected chi connectivity index (χ4v) is 3.25. The third kappa shape index (κ3) is 1.57. The first-order valence-corrected chi connectivity index (χ1v) is 6.49. The number of carbonyl (C=O) groups excluding carboxylic acids is 1. The summed E-state index contributed by atoms with van der Waals surface area (Å²) in [4.78, 5) is 15.3. The van der Waals surface area contributed by atoms with Crippen LogP contribution in [0.5, 0.6) is 0 Å². The van der Waals surface area contributed by atoms with Gasteiger partial charge in [0.15, 0.2) is 0 Å². The minimum Gasteiger partial charge on any atom is -0.386 e. The highest BCUT2D eigenvalue weighted by Crippen LogP contribution is 2.50. The molecule has 0 saturated heterocycles. The Bertz CT molecular complexity index is 612. The molecule has 1 heterocycles.